The highest BCUT2D eigenvalue weighted by Crippen LogP contribution is 2.14. The Morgan fingerprint density at radius 1 is 0.500 bits per heavy atom. The third-order valence-electron chi connectivity index (χ3n) is 10.1. The molecule has 1 amide bonds. The predicted molar refractivity (Wildman–Crippen MR) is 227 cm³/mol. The molecule has 0 aromatic carbocycles. The third kappa shape index (κ3) is 38.0. The summed E-state index contributed by atoms with van der Waals surface area (Å²) in [4.78, 5) is 12.4. The number of aliphatic hydroxyl groups is 3. The summed E-state index contributed by atoms with van der Waals surface area (Å²) in [5.74, 6) is -0.331. The first-order valence-corrected chi connectivity index (χ1v) is 22.4. The summed E-state index contributed by atoms with van der Waals surface area (Å²) in [6.45, 7) is 4.19. The Hall–Kier alpha value is -1.69. The van der Waals surface area contributed by atoms with Crippen LogP contribution in [0.25, 0.3) is 0 Å². The van der Waals surface area contributed by atoms with Crippen LogP contribution < -0.4 is 5.32 Å². The highest BCUT2D eigenvalue weighted by Gasteiger charge is 2.20. The Balaban J connectivity index is 3.70. The van der Waals surface area contributed by atoms with Crippen LogP contribution in [0.4, 0.5) is 0 Å². The SMILES string of the molecule is CCCCCCCCCC/C=C/CC/C=C/C(O)C(CO)NC(=O)CC(O)CCCCCCCCC/C=C\C/C=C\CCCCCCCCCCC. The van der Waals surface area contributed by atoms with Gasteiger partial charge in [0.15, 0.2) is 0 Å². The maximum atomic E-state index is 12.4. The minimum atomic E-state index is -0.954. The summed E-state index contributed by atoms with van der Waals surface area (Å²) in [6.07, 6.45) is 54.0. The van der Waals surface area contributed by atoms with Crippen LogP contribution in [0.3, 0.4) is 0 Å². The van der Waals surface area contributed by atoms with Crippen LogP contribution in [0, 0.1) is 0 Å². The Bertz CT molecular complexity index is 850. The van der Waals surface area contributed by atoms with Crippen molar-refractivity contribution in [2.45, 2.75) is 238 Å². The molecular formula is C47H87NO4. The zero-order valence-electron chi connectivity index (χ0n) is 34.4. The molecule has 5 nitrogen and oxygen atoms in total. The van der Waals surface area contributed by atoms with Gasteiger partial charge in [-0.15, -0.1) is 0 Å². The highest BCUT2D eigenvalue weighted by atomic mass is 16.3. The van der Waals surface area contributed by atoms with Gasteiger partial charge in [-0.05, 0) is 64.2 Å². The van der Waals surface area contributed by atoms with Crippen molar-refractivity contribution in [3.63, 3.8) is 0 Å². The molecule has 0 aliphatic heterocycles. The van der Waals surface area contributed by atoms with Gasteiger partial charge in [0.05, 0.1) is 31.3 Å². The van der Waals surface area contributed by atoms with Crippen molar-refractivity contribution in [3.05, 3.63) is 48.6 Å². The van der Waals surface area contributed by atoms with Gasteiger partial charge in [-0.3, -0.25) is 4.79 Å². The van der Waals surface area contributed by atoms with Crippen LogP contribution in [-0.4, -0.2) is 46.1 Å². The van der Waals surface area contributed by atoms with Gasteiger partial charge in [-0.25, -0.2) is 0 Å². The second kappa shape index (κ2) is 42.1. The molecule has 5 heteroatoms. The highest BCUT2D eigenvalue weighted by molar-refractivity contribution is 5.76. The summed E-state index contributed by atoms with van der Waals surface area (Å²) in [6, 6.07) is -0.764. The van der Waals surface area contributed by atoms with E-state index in [-0.39, 0.29) is 18.9 Å². The van der Waals surface area contributed by atoms with Gasteiger partial charge in [-0.1, -0.05) is 197 Å². The number of nitrogens with one attached hydrogen (secondary N) is 1. The first-order valence-electron chi connectivity index (χ1n) is 22.4. The molecule has 0 spiro atoms. The van der Waals surface area contributed by atoms with Gasteiger partial charge in [0.25, 0.3) is 0 Å². The Labute approximate surface area is 323 Å². The molecule has 0 fully saturated rings. The van der Waals surface area contributed by atoms with E-state index in [4.69, 9.17) is 0 Å². The van der Waals surface area contributed by atoms with Gasteiger partial charge < -0.3 is 20.6 Å². The summed E-state index contributed by atoms with van der Waals surface area (Å²) in [7, 11) is 0. The number of hydrogen-bond donors (Lipinski definition) is 4. The molecule has 0 aliphatic carbocycles. The number of carbonyl (C=O) groups excluding carboxylic acids is 1. The molecule has 0 aliphatic rings. The van der Waals surface area contributed by atoms with Crippen molar-refractivity contribution in [1.82, 2.24) is 5.32 Å². The lowest BCUT2D eigenvalue weighted by Crippen LogP contribution is -2.45. The monoisotopic (exact) mass is 730 g/mol. The minimum Gasteiger partial charge on any atom is -0.394 e. The quantitative estimate of drug-likeness (QED) is 0.0373. The van der Waals surface area contributed by atoms with Gasteiger partial charge in [0.1, 0.15) is 0 Å². The molecule has 0 saturated heterocycles. The molecule has 3 unspecified atom stereocenters. The molecule has 0 radical (unpaired) electrons. The second-order valence-corrected chi connectivity index (χ2v) is 15.3. The molecule has 4 N–H and O–H groups in total. The summed E-state index contributed by atoms with van der Waals surface area (Å²) in [5.41, 5.74) is 0. The summed E-state index contributed by atoms with van der Waals surface area (Å²) >= 11 is 0. The standard InChI is InChI=1S/C47H87NO4/c1-3-5-7-9-11-13-15-17-19-20-21-22-23-24-25-26-27-28-30-32-34-36-38-40-44(50)42-47(52)48-45(43-49)46(51)41-39-37-35-33-31-29-18-16-14-12-10-8-6-4-2/h21-22,24-25,31,33,39,41,44-46,49-51H,3-20,23,26-30,32,34-38,40,42-43H2,1-2H3,(H,48,52)/b22-21-,25-24-,33-31+,41-39+. The van der Waals surface area contributed by atoms with E-state index in [0.29, 0.717) is 6.42 Å². The molecule has 0 rings (SSSR count). The fourth-order valence-electron chi connectivity index (χ4n) is 6.62. The maximum Gasteiger partial charge on any atom is 0.222 e. The van der Waals surface area contributed by atoms with Crippen LogP contribution in [-0.2, 0) is 4.79 Å². The lowest BCUT2D eigenvalue weighted by atomic mass is 10.0. The van der Waals surface area contributed by atoms with E-state index in [1.165, 1.54) is 154 Å². The van der Waals surface area contributed by atoms with E-state index in [2.05, 4.69) is 55.6 Å². The van der Waals surface area contributed by atoms with Crippen molar-refractivity contribution in [2.75, 3.05) is 6.61 Å². The van der Waals surface area contributed by atoms with E-state index in [1.54, 1.807) is 6.08 Å². The molecule has 0 aromatic heterocycles. The van der Waals surface area contributed by atoms with Crippen LogP contribution in [0.15, 0.2) is 48.6 Å². The largest absolute Gasteiger partial charge is 0.394 e. The lowest BCUT2D eigenvalue weighted by Gasteiger charge is -2.21. The van der Waals surface area contributed by atoms with Crippen LogP contribution >= 0.6 is 0 Å². The van der Waals surface area contributed by atoms with Crippen molar-refractivity contribution < 1.29 is 20.1 Å². The van der Waals surface area contributed by atoms with Crippen LogP contribution in [0.1, 0.15) is 219 Å². The van der Waals surface area contributed by atoms with E-state index in [9.17, 15) is 20.1 Å². The van der Waals surface area contributed by atoms with E-state index < -0.39 is 18.2 Å². The maximum absolute atomic E-state index is 12.4. The zero-order valence-corrected chi connectivity index (χ0v) is 34.4. The molecule has 52 heavy (non-hydrogen) atoms. The van der Waals surface area contributed by atoms with E-state index in [1.807, 2.05) is 6.08 Å². The van der Waals surface area contributed by atoms with Crippen molar-refractivity contribution in [1.29, 1.82) is 0 Å². The first kappa shape index (κ1) is 50.3. The Morgan fingerprint density at radius 3 is 1.35 bits per heavy atom. The van der Waals surface area contributed by atoms with Crippen molar-refractivity contribution >= 4 is 5.91 Å². The molecule has 3 atom stereocenters. The van der Waals surface area contributed by atoms with Gasteiger partial charge >= 0.3 is 0 Å². The van der Waals surface area contributed by atoms with E-state index in [0.717, 1.165) is 38.5 Å². The van der Waals surface area contributed by atoms with E-state index >= 15 is 0 Å². The Morgan fingerprint density at radius 2 is 0.885 bits per heavy atom. The fraction of sp³-hybridized carbons (Fsp3) is 0.809. The number of unbranched alkanes of at least 4 members (excludes halogenated alkanes) is 25. The molecule has 0 saturated carbocycles. The van der Waals surface area contributed by atoms with Gasteiger partial charge in [0.2, 0.25) is 5.91 Å². The number of aliphatic hydroxyl groups excluding tert-OH is 3. The van der Waals surface area contributed by atoms with Gasteiger partial charge in [-0.2, -0.15) is 0 Å². The average molecular weight is 730 g/mol. The molecule has 304 valence electrons. The van der Waals surface area contributed by atoms with Crippen LogP contribution in [0.2, 0.25) is 0 Å². The normalized spacial score (nSPS) is 14.0. The molecule has 0 bridgehead atoms. The number of hydrogen-bond acceptors (Lipinski definition) is 4. The summed E-state index contributed by atoms with van der Waals surface area (Å²) in [5, 5.41) is 33.2. The number of rotatable bonds is 40. The Kier molecular flexibility index (Phi) is 40.7. The predicted octanol–water partition coefficient (Wildman–Crippen LogP) is 12.9. The van der Waals surface area contributed by atoms with Crippen LogP contribution in [0.5, 0.6) is 0 Å². The number of allylic oxidation sites excluding steroid dienone is 7. The average Bonchev–Trinajstić information content (AvgIpc) is 3.14. The zero-order chi connectivity index (χ0) is 38.0. The summed E-state index contributed by atoms with van der Waals surface area (Å²) < 4.78 is 0. The lowest BCUT2D eigenvalue weighted by molar-refractivity contribution is -0.124. The molecule has 0 aromatic rings. The second-order valence-electron chi connectivity index (χ2n) is 15.3. The van der Waals surface area contributed by atoms with Crippen molar-refractivity contribution in [2.24, 2.45) is 0 Å². The van der Waals surface area contributed by atoms with Gasteiger partial charge in [0, 0.05) is 0 Å². The molecular weight excluding hydrogens is 643 g/mol. The first-order chi connectivity index (χ1) is 25.5. The van der Waals surface area contributed by atoms with Crippen molar-refractivity contribution in [3.8, 4) is 0 Å². The molecule has 0 heterocycles. The minimum absolute atomic E-state index is 0.000790. The smallest absolute Gasteiger partial charge is 0.222 e. The fourth-order valence-corrected chi connectivity index (χ4v) is 6.62. The third-order valence-corrected chi connectivity index (χ3v) is 10.1. The number of amides is 1. The topological polar surface area (TPSA) is 89.8 Å². The number of carbonyl (C=O) groups is 1.